The first-order chi connectivity index (χ1) is 19.4. The molecule has 0 radical (unpaired) electrons. The van der Waals surface area contributed by atoms with Crippen LogP contribution >= 0.6 is 0 Å². The van der Waals surface area contributed by atoms with Crippen LogP contribution in [-0.4, -0.2) is 57.2 Å². The number of carboxylic acids is 1. The largest absolute Gasteiger partial charge is 0.478 e. The van der Waals surface area contributed by atoms with Crippen LogP contribution < -0.4 is 9.64 Å². The summed E-state index contributed by atoms with van der Waals surface area (Å²) >= 11 is 0. The lowest BCUT2D eigenvalue weighted by Gasteiger charge is -2.28. The minimum Gasteiger partial charge on any atom is -0.478 e. The molecule has 10 nitrogen and oxygen atoms in total. The fourth-order valence-corrected chi connectivity index (χ4v) is 4.24. The smallest absolute Gasteiger partial charge is 0.421 e. The van der Waals surface area contributed by atoms with Crippen LogP contribution in [-0.2, 0) is 22.3 Å². The third-order valence-corrected chi connectivity index (χ3v) is 6.43. The number of halogens is 3. The van der Waals surface area contributed by atoms with E-state index in [0.717, 1.165) is 18.6 Å². The minimum atomic E-state index is -4.81. The number of aromatic carboxylic acids is 1. The molecule has 2 aromatic heterocycles. The zero-order chi connectivity index (χ0) is 30.2. The summed E-state index contributed by atoms with van der Waals surface area (Å²) in [5.41, 5.74) is -1.16. The standard InChI is InChI=1S/C28H34F3N5O5/c1-5-20(7-6-18(2)3)26(37)35(12-13-40-4)24-9-8-21(15-22(24)27(38)39)41-25-23(28(29,30)31)14-19(16-32-25)17-36-33-10-11-34-36/h8-11,14-16,18,20H,5-7,12-13,17H2,1-4H3,(H,38,39). The van der Waals surface area contributed by atoms with Crippen molar-refractivity contribution in [3.63, 3.8) is 0 Å². The average Bonchev–Trinajstić information content (AvgIpc) is 3.43. The van der Waals surface area contributed by atoms with Crippen LogP contribution in [0.2, 0.25) is 0 Å². The molecule has 41 heavy (non-hydrogen) atoms. The number of amides is 1. The van der Waals surface area contributed by atoms with Gasteiger partial charge in [0.15, 0.2) is 0 Å². The fourth-order valence-electron chi connectivity index (χ4n) is 4.24. The van der Waals surface area contributed by atoms with E-state index in [2.05, 4.69) is 29.0 Å². The molecule has 0 aliphatic rings. The Morgan fingerprint density at radius 2 is 1.83 bits per heavy atom. The fraction of sp³-hybridized carbons (Fsp3) is 0.464. The topological polar surface area (TPSA) is 120 Å². The Morgan fingerprint density at radius 3 is 2.41 bits per heavy atom. The van der Waals surface area contributed by atoms with Gasteiger partial charge in [-0.3, -0.25) is 4.79 Å². The van der Waals surface area contributed by atoms with Crippen molar-refractivity contribution in [2.45, 2.75) is 52.8 Å². The van der Waals surface area contributed by atoms with Crippen molar-refractivity contribution >= 4 is 17.6 Å². The predicted molar refractivity (Wildman–Crippen MR) is 144 cm³/mol. The Bertz CT molecular complexity index is 1310. The van der Waals surface area contributed by atoms with E-state index in [9.17, 15) is 27.9 Å². The van der Waals surface area contributed by atoms with Crippen molar-refractivity contribution in [3.05, 3.63) is 59.5 Å². The lowest BCUT2D eigenvalue weighted by Crippen LogP contribution is -2.39. The van der Waals surface area contributed by atoms with Gasteiger partial charge < -0.3 is 19.5 Å². The number of hydrogen-bond acceptors (Lipinski definition) is 7. The molecule has 0 spiro atoms. The second kappa shape index (κ2) is 14.1. The highest BCUT2D eigenvalue weighted by atomic mass is 19.4. The molecule has 222 valence electrons. The van der Waals surface area contributed by atoms with Gasteiger partial charge in [-0.15, -0.1) is 0 Å². The number of benzene rings is 1. The van der Waals surface area contributed by atoms with Crippen molar-refractivity contribution in [2.75, 3.05) is 25.2 Å². The van der Waals surface area contributed by atoms with E-state index < -0.39 is 23.6 Å². The summed E-state index contributed by atoms with van der Waals surface area (Å²) in [5.74, 6) is -2.49. The number of rotatable bonds is 14. The van der Waals surface area contributed by atoms with Gasteiger partial charge in [-0.2, -0.15) is 28.2 Å². The molecule has 1 amide bonds. The van der Waals surface area contributed by atoms with Crippen molar-refractivity contribution < 1.29 is 37.3 Å². The number of methoxy groups -OCH3 is 1. The monoisotopic (exact) mass is 577 g/mol. The maximum Gasteiger partial charge on any atom is 0.421 e. The molecule has 1 atom stereocenters. The van der Waals surface area contributed by atoms with Crippen molar-refractivity contribution in [3.8, 4) is 11.6 Å². The second-order valence-corrected chi connectivity index (χ2v) is 9.90. The summed E-state index contributed by atoms with van der Waals surface area (Å²) in [6.07, 6.45) is 1.23. The van der Waals surface area contributed by atoms with Crippen molar-refractivity contribution in [1.82, 2.24) is 20.0 Å². The first-order valence-corrected chi connectivity index (χ1v) is 13.2. The van der Waals surface area contributed by atoms with E-state index in [0.29, 0.717) is 18.8 Å². The molecule has 1 N–H and O–H groups in total. The zero-order valence-electron chi connectivity index (χ0n) is 23.4. The summed E-state index contributed by atoms with van der Waals surface area (Å²) in [6, 6.07) is 4.63. The highest BCUT2D eigenvalue weighted by molar-refractivity contribution is 6.03. The van der Waals surface area contributed by atoms with Gasteiger partial charge in [0.05, 0.1) is 36.8 Å². The Labute approximate surface area is 236 Å². The SMILES string of the molecule is CCC(CCC(C)C)C(=O)N(CCOC)c1ccc(Oc2ncc(Cn3nccn3)cc2C(F)(F)F)cc1C(=O)O. The van der Waals surface area contributed by atoms with Crippen molar-refractivity contribution in [1.29, 1.82) is 0 Å². The van der Waals surface area contributed by atoms with E-state index in [-0.39, 0.29) is 54.1 Å². The number of carboxylic acid groups (broad SMARTS) is 1. The summed E-state index contributed by atoms with van der Waals surface area (Å²) in [7, 11) is 1.47. The molecule has 13 heteroatoms. The molecule has 3 aromatic rings. The Hall–Kier alpha value is -4.00. The van der Waals surface area contributed by atoms with Gasteiger partial charge >= 0.3 is 12.1 Å². The molecule has 3 rings (SSSR count). The Kier molecular flexibility index (Phi) is 10.8. The zero-order valence-corrected chi connectivity index (χ0v) is 23.4. The van der Waals surface area contributed by atoms with Gasteiger partial charge in [0.25, 0.3) is 0 Å². The number of pyridine rings is 1. The number of hydrogen-bond donors (Lipinski definition) is 1. The number of carbonyl (C=O) groups is 2. The van der Waals surface area contributed by atoms with Gasteiger partial charge in [-0.05, 0) is 48.6 Å². The number of ether oxygens (including phenoxy) is 2. The van der Waals surface area contributed by atoms with E-state index in [4.69, 9.17) is 9.47 Å². The van der Waals surface area contributed by atoms with Crippen LogP contribution in [0.15, 0.2) is 42.9 Å². The van der Waals surface area contributed by atoms with Crippen LogP contribution in [0.4, 0.5) is 18.9 Å². The summed E-state index contributed by atoms with van der Waals surface area (Å²) in [5, 5.41) is 17.8. The first-order valence-electron chi connectivity index (χ1n) is 13.2. The quantitative estimate of drug-likeness (QED) is 0.260. The van der Waals surface area contributed by atoms with E-state index in [1.165, 1.54) is 47.5 Å². The minimum absolute atomic E-state index is 0.0392. The van der Waals surface area contributed by atoms with Crippen LogP contribution in [0.25, 0.3) is 0 Å². The van der Waals surface area contributed by atoms with Gasteiger partial charge in [-0.1, -0.05) is 27.2 Å². The molecular weight excluding hydrogens is 543 g/mol. The maximum absolute atomic E-state index is 13.9. The van der Waals surface area contributed by atoms with Crippen LogP contribution in [0.3, 0.4) is 0 Å². The highest BCUT2D eigenvalue weighted by Gasteiger charge is 2.36. The normalized spacial score (nSPS) is 12.4. The van der Waals surface area contributed by atoms with Gasteiger partial charge in [0.2, 0.25) is 11.8 Å². The highest BCUT2D eigenvalue weighted by Crippen LogP contribution is 2.38. The summed E-state index contributed by atoms with van der Waals surface area (Å²) in [4.78, 5) is 32.2. The molecule has 2 heterocycles. The van der Waals surface area contributed by atoms with Gasteiger partial charge in [0.1, 0.15) is 11.3 Å². The molecule has 1 aromatic carbocycles. The molecule has 0 bridgehead atoms. The van der Waals surface area contributed by atoms with E-state index >= 15 is 0 Å². The number of anilines is 1. The number of aromatic nitrogens is 4. The van der Waals surface area contributed by atoms with Crippen LogP contribution in [0, 0.1) is 11.8 Å². The van der Waals surface area contributed by atoms with Gasteiger partial charge in [-0.25, -0.2) is 9.78 Å². The number of nitrogens with zero attached hydrogens (tertiary/aromatic N) is 5. The average molecular weight is 578 g/mol. The molecule has 0 saturated carbocycles. The van der Waals surface area contributed by atoms with E-state index in [1.54, 1.807) is 0 Å². The molecule has 0 saturated heterocycles. The molecule has 1 unspecified atom stereocenters. The Balaban J connectivity index is 1.96. The molecular formula is C28H34F3N5O5. The van der Waals surface area contributed by atoms with Crippen molar-refractivity contribution in [2.24, 2.45) is 11.8 Å². The molecule has 0 fully saturated rings. The lowest BCUT2D eigenvalue weighted by molar-refractivity contribution is -0.139. The van der Waals surface area contributed by atoms with Crippen LogP contribution in [0.5, 0.6) is 11.6 Å². The summed E-state index contributed by atoms with van der Waals surface area (Å²) in [6.45, 7) is 6.23. The van der Waals surface area contributed by atoms with Gasteiger partial charge in [0, 0.05) is 25.8 Å². The molecule has 0 aliphatic heterocycles. The third kappa shape index (κ3) is 8.49. The third-order valence-electron chi connectivity index (χ3n) is 6.43. The number of alkyl halides is 3. The predicted octanol–water partition coefficient (Wildman–Crippen LogP) is 5.67. The lowest BCUT2D eigenvalue weighted by atomic mass is 9.94. The summed E-state index contributed by atoms with van der Waals surface area (Å²) < 4.78 is 52.3. The Morgan fingerprint density at radius 1 is 1.12 bits per heavy atom. The maximum atomic E-state index is 13.9. The first kappa shape index (κ1) is 31.5. The molecule has 0 aliphatic carbocycles. The van der Waals surface area contributed by atoms with Crippen LogP contribution in [0.1, 0.15) is 61.5 Å². The number of carbonyl (C=O) groups excluding carboxylic acids is 1. The second-order valence-electron chi connectivity index (χ2n) is 9.90. The van der Waals surface area contributed by atoms with E-state index in [1.807, 2.05) is 6.92 Å².